The van der Waals surface area contributed by atoms with Gasteiger partial charge in [0.2, 0.25) is 0 Å². The van der Waals surface area contributed by atoms with E-state index in [1.807, 2.05) is 19.1 Å². The molecular weight excluding hydrogens is 433 g/mol. The number of fused-ring (bicyclic) bond motifs is 2. The molecule has 3 fully saturated rings. The minimum atomic E-state index is -0.169. The van der Waals surface area contributed by atoms with Crippen molar-refractivity contribution in [3.63, 3.8) is 0 Å². The molecule has 184 valence electrons. The SMILES string of the molecule is COC(OC)C1CCC(c2cc(N3C4CCC3CN(c3cc(C)nnc3N)C4)ccc2F)CC1. The van der Waals surface area contributed by atoms with Crippen LogP contribution < -0.4 is 15.5 Å². The fourth-order valence-corrected chi connectivity index (χ4v) is 6.45. The molecular formula is C26H36FN5O2. The van der Waals surface area contributed by atoms with Gasteiger partial charge in [0, 0.05) is 51.0 Å². The van der Waals surface area contributed by atoms with Crippen LogP contribution in [0.2, 0.25) is 0 Å². The second-order valence-corrected chi connectivity index (χ2v) is 10.1. The minimum absolute atomic E-state index is 0.0840. The number of nitrogens with zero attached hydrogens (tertiary/aromatic N) is 4. The van der Waals surface area contributed by atoms with Gasteiger partial charge in [-0.15, -0.1) is 5.10 Å². The van der Waals surface area contributed by atoms with Crippen LogP contribution in [0.5, 0.6) is 0 Å². The number of anilines is 3. The van der Waals surface area contributed by atoms with Crippen LogP contribution in [0.15, 0.2) is 24.3 Å². The number of hydrogen-bond donors (Lipinski definition) is 1. The van der Waals surface area contributed by atoms with E-state index in [2.05, 4.69) is 26.1 Å². The summed E-state index contributed by atoms with van der Waals surface area (Å²) >= 11 is 0. The van der Waals surface area contributed by atoms with Gasteiger partial charge in [-0.3, -0.25) is 0 Å². The highest BCUT2D eigenvalue weighted by atomic mass is 19.1. The van der Waals surface area contributed by atoms with E-state index < -0.39 is 0 Å². The summed E-state index contributed by atoms with van der Waals surface area (Å²) in [5.41, 5.74) is 10.0. The van der Waals surface area contributed by atoms with Crippen molar-refractivity contribution in [1.82, 2.24) is 10.2 Å². The molecule has 0 amide bonds. The average molecular weight is 470 g/mol. The Morgan fingerprint density at radius 1 is 0.971 bits per heavy atom. The smallest absolute Gasteiger partial charge is 0.169 e. The molecule has 2 aliphatic heterocycles. The second-order valence-electron chi connectivity index (χ2n) is 10.1. The number of methoxy groups -OCH3 is 2. The van der Waals surface area contributed by atoms with Crippen molar-refractivity contribution in [2.24, 2.45) is 5.92 Å². The Balaban J connectivity index is 1.32. The van der Waals surface area contributed by atoms with Crippen LogP contribution in [-0.2, 0) is 9.47 Å². The van der Waals surface area contributed by atoms with Crippen LogP contribution in [0, 0.1) is 18.7 Å². The number of halogens is 1. The maximum Gasteiger partial charge on any atom is 0.169 e. The molecule has 2 aromatic rings. The van der Waals surface area contributed by atoms with E-state index in [1.54, 1.807) is 20.3 Å². The molecule has 0 radical (unpaired) electrons. The van der Waals surface area contributed by atoms with Gasteiger partial charge in [0.05, 0.1) is 11.4 Å². The van der Waals surface area contributed by atoms with Crippen molar-refractivity contribution in [1.29, 1.82) is 0 Å². The largest absolute Gasteiger partial charge is 0.380 e. The molecule has 0 spiro atoms. The van der Waals surface area contributed by atoms with E-state index in [-0.39, 0.29) is 18.0 Å². The van der Waals surface area contributed by atoms with Gasteiger partial charge in [-0.25, -0.2) is 4.39 Å². The molecule has 1 saturated carbocycles. The van der Waals surface area contributed by atoms with Gasteiger partial charge >= 0.3 is 0 Å². The van der Waals surface area contributed by atoms with Crippen molar-refractivity contribution >= 4 is 17.2 Å². The van der Waals surface area contributed by atoms with E-state index in [0.29, 0.717) is 23.8 Å². The molecule has 2 atom stereocenters. The van der Waals surface area contributed by atoms with Gasteiger partial charge in [-0.1, -0.05) is 0 Å². The first-order chi connectivity index (χ1) is 16.5. The lowest BCUT2D eigenvalue weighted by atomic mass is 9.78. The number of nitrogens with two attached hydrogens (primary N) is 1. The van der Waals surface area contributed by atoms with Crippen LogP contribution in [0.25, 0.3) is 0 Å². The van der Waals surface area contributed by atoms with Gasteiger partial charge in [-0.05, 0) is 81.2 Å². The Hall–Kier alpha value is -2.45. The lowest BCUT2D eigenvalue weighted by Gasteiger charge is -2.44. The zero-order valence-electron chi connectivity index (χ0n) is 20.4. The third-order valence-corrected chi connectivity index (χ3v) is 8.09. The second kappa shape index (κ2) is 9.66. The Bertz CT molecular complexity index is 995. The summed E-state index contributed by atoms with van der Waals surface area (Å²) in [6, 6.07) is 8.54. The molecule has 34 heavy (non-hydrogen) atoms. The monoisotopic (exact) mass is 469 g/mol. The number of aromatic nitrogens is 2. The molecule has 2 saturated heterocycles. The summed E-state index contributed by atoms with van der Waals surface area (Å²) in [4.78, 5) is 4.87. The van der Waals surface area contributed by atoms with Gasteiger partial charge in [0.15, 0.2) is 12.1 Å². The summed E-state index contributed by atoms with van der Waals surface area (Å²) in [5, 5.41) is 8.19. The van der Waals surface area contributed by atoms with E-state index in [1.165, 1.54) is 0 Å². The molecule has 1 aromatic heterocycles. The average Bonchev–Trinajstić information content (AvgIpc) is 3.11. The van der Waals surface area contributed by atoms with Gasteiger partial charge in [0.1, 0.15) is 5.82 Å². The van der Waals surface area contributed by atoms with Crippen LogP contribution >= 0.6 is 0 Å². The van der Waals surface area contributed by atoms with Crippen molar-refractivity contribution in [2.75, 3.05) is 42.8 Å². The predicted molar refractivity (Wildman–Crippen MR) is 132 cm³/mol. The molecule has 1 aliphatic carbocycles. The number of nitrogen functional groups attached to an aromatic ring is 1. The molecule has 2 N–H and O–H groups in total. The van der Waals surface area contributed by atoms with Crippen molar-refractivity contribution in [3.05, 3.63) is 41.3 Å². The standard InChI is InChI=1S/C26H36FN5O2/c1-16-12-24(25(28)30-29-16)31-14-20-8-9-21(15-31)32(20)19-10-11-23(27)22(13-19)17-4-6-18(7-5-17)26(33-2)34-3/h10-13,17-18,20-21,26H,4-9,14-15H2,1-3H3,(H2,28,30). The quantitative estimate of drug-likeness (QED) is 0.634. The van der Waals surface area contributed by atoms with Crippen LogP contribution in [-0.4, -0.2) is 55.9 Å². The normalized spacial score (nSPS) is 27.0. The number of piperazine rings is 1. The summed E-state index contributed by atoms with van der Waals surface area (Å²) in [6.07, 6.45) is 6.00. The molecule has 3 aliphatic rings. The van der Waals surface area contributed by atoms with Gasteiger partial charge < -0.3 is 25.0 Å². The maximum absolute atomic E-state index is 15.0. The predicted octanol–water partition coefficient (Wildman–Crippen LogP) is 4.26. The third kappa shape index (κ3) is 4.33. The topological polar surface area (TPSA) is 76.7 Å². The zero-order valence-corrected chi connectivity index (χ0v) is 20.4. The Morgan fingerprint density at radius 3 is 2.29 bits per heavy atom. The van der Waals surface area contributed by atoms with Crippen LogP contribution in [0.1, 0.15) is 55.7 Å². The molecule has 2 bridgehead atoms. The number of rotatable bonds is 6. The van der Waals surface area contributed by atoms with Crippen molar-refractivity contribution in [2.45, 2.75) is 69.7 Å². The Kier molecular flexibility index (Phi) is 6.62. The molecule has 7 nitrogen and oxygen atoms in total. The summed E-state index contributed by atoms with van der Waals surface area (Å²) < 4.78 is 25.9. The Labute approximate surface area is 201 Å². The first kappa shape index (κ1) is 23.3. The maximum atomic E-state index is 15.0. The lowest BCUT2D eigenvalue weighted by molar-refractivity contribution is -0.144. The lowest BCUT2D eigenvalue weighted by Crippen LogP contribution is -2.54. The van der Waals surface area contributed by atoms with Crippen molar-refractivity contribution in [3.8, 4) is 0 Å². The Morgan fingerprint density at radius 2 is 1.65 bits per heavy atom. The highest BCUT2D eigenvalue weighted by Gasteiger charge is 2.41. The fraction of sp³-hybridized carbons (Fsp3) is 0.615. The van der Waals surface area contributed by atoms with Crippen LogP contribution in [0.3, 0.4) is 0 Å². The summed E-state index contributed by atoms with van der Waals surface area (Å²) in [5.74, 6) is 1.02. The summed E-state index contributed by atoms with van der Waals surface area (Å²) in [6.45, 7) is 3.72. The van der Waals surface area contributed by atoms with E-state index in [0.717, 1.165) is 74.2 Å². The molecule has 8 heteroatoms. The zero-order chi connectivity index (χ0) is 23.8. The number of ether oxygens (including phenoxy) is 2. The third-order valence-electron chi connectivity index (χ3n) is 8.09. The fourth-order valence-electron chi connectivity index (χ4n) is 6.45. The van der Waals surface area contributed by atoms with E-state index in [4.69, 9.17) is 15.2 Å². The molecule has 3 heterocycles. The van der Waals surface area contributed by atoms with Crippen LogP contribution in [0.4, 0.5) is 21.6 Å². The highest BCUT2D eigenvalue weighted by Crippen LogP contribution is 2.42. The number of benzene rings is 1. The van der Waals surface area contributed by atoms with Gasteiger partial charge in [-0.2, -0.15) is 5.10 Å². The first-order valence-electron chi connectivity index (χ1n) is 12.5. The molecule has 1 aromatic carbocycles. The summed E-state index contributed by atoms with van der Waals surface area (Å²) in [7, 11) is 3.39. The van der Waals surface area contributed by atoms with Gasteiger partial charge in [0.25, 0.3) is 0 Å². The van der Waals surface area contributed by atoms with E-state index in [9.17, 15) is 4.39 Å². The molecule has 2 unspecified atom stereocenters. The minimum Gasteiger partial charge on any atom is -0.380 e. The van der Waals surface area contributed by atoms with Crippen molar-refractivity contribution < 1.29 is 13.9 Å². The number of aryl methyl sites for hydroxylation is 1. The molecule has 5 rings (SSSR count). The highest BCUT2D eigenvalue weighted by molar-refractivity contribution is 5.65. The van der Waals surface area contributed by atoms with E-state index >= 15 is 0 Å². The first-order valence-corrected chi connectivity index (χ1v) is 12.5. The number of hydrogen-bond acceptors (Lipinski definition) is 7.